The predicted molar refractivity (Wildman–Crippen MR) is 106 cm³/mol. The predicted octanol–water partition coefficient (Wildman–Crippen LogP) is 3.03. The lowest BCUT2D eigenvalue weighted by atomic mass is 10.2. The molecule has 2 atom stereocenters. The summed E-state index contributed by atoms with van der Waals surface area (Å²) >= 11 is 1.52. The monoisotopic (exact) mass is 385 g/mol. The van der Waals surface area contributed by atoms with Crippen LogP contribution in [-0.4, -0.2) is 44.0 Å². The normalized spacial score (nSPS) is 20.3. The van der Waals surface area contributed by atoms with Gasteiger partial charge >= 0.3 is 0 Å². The maximum absolute atomic E-state index is 11.1. The first-order valence-corrected chi connectivity index (χ1v) is 9.84. The zero-order valence-corrected chi connectivity index (χ0v) is 16.5. The number of aryl methyl sites for hydroxylation is 1. The van der Waals surface area contributed by atoms with Gasteiger partial charge < -0.3 is 14.6 Å². The summed E-state index contributed by atoms with van der Waals surface area (Å²) in [6.07, 6.45) is 4.92. The minimum absolute atomic E-state index is 0.0957. The molecule has 4 heterocycles. The molecule has 8 heteroatoms. The van der Waals surface area contributed by atoms with Crippen molar-refractivity contribution in [2.24, 2.45) is 7.05 Å². The molecule has 1 aliphatic rings. The Balaban J connectivity index is 1.39. The molecule has 0 radical (unpaired) electrons. The second-order valence-electron chi connectivity index (χ2n) is 7.06. The van der Waals surface area contributed by atoms with Gasteiger partial charge in [0.05, 0.1) is 0 Å². The van der Waals surface area contributed by atoms with Crippen molar-refractivity contribution in [1.29, 1.82) is 0 Å². The van der Waals surface area contributed by atoms with Gasteiger partial charge in [0.2, 0.25) is 11.8 Å². The van der Waals surface area contributed by atoms with E-state index in [4.69, 9.17) is 4.74 Å². The number of aromatic nitrogens is 3. The zero-order chi connectivity index (χ0) is 19.0. The Hall–Kier alpha value is -2.45. The summed E-state index contributed by atoms with van der Waals surface area (Å²) in [5.74, 6) is 0.579. The number of pyridine rings is 1. The van der Waals surface area contributed by atoms with E-state index in [0.717, 1.165) is 35.4 Å². The van der Waals surface area contributed by atoms with E-state index < -0.39 is 0 Å². The van der Waals surface area contributed by atoms with Crippen LogP contribution in [0, 0.1) is 0 Å². The van der Waals surface area contributed by atoms with Crippen LogP contribution >= 0.6 is 11.3 Å². The fraction of sp³-hybridized carbons (Fsp3) is 0.421. The highest BCUT2D eigenvalue weighted by atomic mass is 32.1. The fourth-order valence-corrected chi connectivity index (χ4v) is 4.38. The maximum atomic E-state index is 11.1. The van der Waals surface area contributed by atoms with Crippen molar-refractivity contribution in [3.05, 3.63) is 35.5 Å². The number of hydrogen-bond acceptors (Lipinski definition) is 6. The Morgan fingerprint density at radius 1 is 1.41 bits per heavy atom. The van der Waals surface area contributed by atoms with E-state index in [1.807, 2.05) is 30.1 Å². The molecule has 4 rings (SSSR count). The van der Waals surface area contributed by atoms with Crippen LogP contribution in [0.15, 0.2) is 30.6 Å². The van der Waals surface area contributed by atoms with Gasteiger partial charge in [-0.2, -0.15) is 4.98 Å². The lowest BCUT2D eigenvalue weighted by molar-refractivity contribution is -0.114. The molecule has 1 N–H and O–H groups in total. The van der Waals surface area contributed by atoms with Crippen molar-refractivity contribution in [2.45, 2.75) is 39.0 Å². The summed E-state index contributed by atoms with van der Waals surface area (Å²) in [6, 6.07) is 6.46. The smallest absolute Gasteiger partial charge is 0.223 e. The van der Waals surface area contributed by atoms with Gasteiger partial charge in [0.15, 0.2) is 5.13 Å². The van der Waals surface area contributed by atoms with Crippen molar-refractivity contribution in [1.82, 2.24) is 19.4 Å². The number of hydrogen-bond donors (Lipinski definition) is 1. The third-order valence-electron chi connectivity index (χ3n) is 4.84. The Bertz CT molecular complexity index is 966. The molecule has 0 aliphatic carbocycles. The third kappa shape index (κ3) is 3.96. The number of fused-ring (bicyclic) bond motifs is 1. The fourth-order valence-electron chi connectivity index (χ4n) is 3.49. The van der Waals surface area contributed by atoms with Gasteiger partial charge in [0.1, 0.15) is 11.8 Å². The van der Waals surface area contributed by atoms with Gasteiger partial charge in [0, 0.05) is 68.2 Å². The average molecular weight is 385 g/mol. The molecule has 1 amide bonds. The molecule has 0 bridgehead atoms. The topological polar surface area (TPSA) is 72.3 Å². The lowest BCUT2D eigenvalue weighted by Gasteiger charge is -2.19. The molecule has 7 nitrogen and oxygen atoms in total. The molecule has 1 aliphatic heterocycles. The SMILES string of the molecule is CC(=O)Nc1ncc(CN2CC(Oc3ccc4ccn(C)c4n3)CC2C)s1. The van der Waals surface area contributed by atoms with Gasteiger partial charge in [0.25, 0.3) is 0 Å². The highest BCUT2D eigenvalue weighted by Gasteiger charge is 2.31. The van der Waals surface area contributed by atoms with E-state index in [0.29, 0.717) is 17.1 Å². The highest BCUT2D eigenvalue weighted by Crippen LogP contribution is 2.27. The van der Waals surface area contributed by atoms with Crippen LogP contribution in [0.5, 0.6) is 5.88 Å². The third-order valence-corrected chi connectivity index (χ3v) is 5.74. The maximum Gasteiger partial charge on any atom is 0.223 e. The van der Waals surface area contributed by atoms with E-state index in [1.54, 1.807) is 0 Å². The minimum atomic E-state index is -0.0957. The first-order chi connectivity index (χ1) is 13.0. The Morgan fingerprint density at radius 2 is 2.26 bits per heavy atom. The number of thiazole rings is 1. The number of ether oxygens (including phenoxy) is 1. The molecule has 3 aromatic rings. The van der Waals surface area contributed by atoms with Crippen LogP contribution < -0.4 is 10.1 Å². The van der Waals surface area contributed by atoms with Crippen LogP contribution in [0.3, 0.4) is 0 Å². The summed E-state index contributed by atoms with van der Waals surface area (Å²) in [5, 5.41) is 4.50. The number of nitrogens with zero attached hydrogens (tertiary/aromatic N) is 4. The van der Waals surface area contributed by atoms with Gasteiger partial charge in [-0.25, -0.2) is 4.98 Å². The quantitative estimate of drug-likeness (QED) is 0.731. The lowest BCUT2D eigenvalue weighted by Crippen LogP contribution is -2.27. The van der Waals surface area contributed by atoms with E-state index in [1.165, 1.54) is 18.3 Å². The Morgan fingerprint density at radius 3 is 3.07 bits per heavy atom. The van der Waals surface area contributed by atoms with Gasteiger partial charge in [-0.3, -0.25) is 9.69 Å². The number of carbonyl (C=O) groups is 1. The number of amides is 1. The number of likely N-dealkylation sites (tertiary alicyclic amines) is 1. The molecular formula is C19H23N5O2S. The van der Waals surface area contributed by atoms with E-state index in [2.05, 4.69) is 39.2 Å². The Labute approximate surface area is 162 Å². The zero-order valence-electron chi connectivity index (χ0n) is 15.7. The van der Waals surface area contributed by atoms with Crippen molar-refractivity contribution in [3.8, 4) is 5.88 Å². The summed E-state index contributed by atoms with van der Waals surface area (Å²) in [7, 11) is 1.99. The highest BCUT2D eigenvalue weighted by molar-refractivity contribution is 7.15. The van der Waals surface area contributed by atoms with Gasteiger partial charge in [-0.15, -0.1) is 11.3 Å². The molecular weight excluding hydrogens is 362 g/mol. The first-order valence-electron chi connectivity index (χ1n) is 9.03. The second kappa shape index (κ2) is 7.28. The van der Waals surface area contributed by atoms with E-state index in [9.17, 15) is 4.79 Å². The summed E-state index contributed by atoms with van der Waals surface area (Å²) in [4.78, 5) is 23.6. The molecule has 27 heavy (non-hydrogen) atoms. The number of anilines is 1. The van der Waals surface area contributed by atoms with Crippen LogP contribution in [0.1, 0.15) is 25.1 Å². The van der Waals surface area contributed by atoms with E-state index in [-0.39, 0.29) is 12.0 Å². The van der Waals surface area contributed by atoms with E-state index >= 15 is 0 Å². The standard InChI is InChI=1S/C19H23N5O2S/c1-12-8-15(26-17-5-4-14-6-7-23(3)18(14)22-17)10-24(12)11-16-9-20-19(27-16)21-13(2)25/h4-7,9,12,15H,8,10-11H2,1-3H3,(H,20,21,25). The summed E-state index contributed by atoms with van der Waals surface area (Å²) in [5.41, 5.74) is 0.936. The van der Waals surface area contributed by atoms with Crippen LogP contribution in [0.25, 0.3) is 11.0 Å². The molecule has 1 fully saturated rings. The summed E-state index contributed by atoms with van der Waals surface area (Å²) < 4.78 is 8.17. The molecule has 0 aromatic carbocycles. The molecule has 1 saturated heterocycles. The second-order valence-corrected chi connectivity index (χ2v) is 8.17. The number of carbonyl (C=O) groups excluding carboxylic acids is 1. The first kappa shape index (κ1) is 17.9. The van der Waals surface area contributed by atoms with Crippen molar-refractivity contribution >= 4 is 33.4 Å². The van der Waals surface area contributed by atoms with Crippen LogP contribution in [-0.2, 0) is 18.4 Å². The van der Waals surface area contributed by atoms with Gasteiger partial charge in [-0.05, 0) is 19.1 Å². The van der Waals surface area contributed by atoms with Crippen molar-refractivity contribution in [2.75, 3.05) is 11.9 Å². The van der Waals surface area contributed by atoms with Gasteiger partial charge in [-0.1, -0.05) is 0 Å². The number of rotatable bonds is 5. The van der Waals surface area contributed by atoms with Crippen molar-refractivity contribution < 1.29 is 9.53 Å². The van der Waals surface area contributed by atoms with Crippen molar-refractivity contribution in [3.63, 3.8) is 0 Å². The molecule has 2 unspecified atom stereocenters. The average Bonchev–Trinajstić information content (AvgIpc) is 3.29. The molecule has 3 aromatic heterocycles. The number of nitrogens with one attached hydrogen (secondary N) is 1. The molecule has 0 spiro atoms. The minimum Gasteiger partial charge on any atom is -0.473 e. The van der Waals surface area contributed by atoms with Crippen LogP contribution in [0.2, 0.25) is 0 Å². The van der Waals surface area contributed by atoms with Crippen LogP contribution in [0.4, 0.5) is 5.13 Å². The Kier molecular flexibility index (Phi) is 4.84. The summed E-state index contributed by atoms with van der Waals surface area (Å²) in [6.45, 7) is 5.36. The largest absolute Gasteiger partial charge is 0.473 e. The molecule has 0 saturated carbocycles. The molecule has 142 valence electrons.